The summed E-state index contributed by atoms with van der Waals surface area (Å²) in [5, 5.41) is 8.78. The Morgan fingerprint density at radius 1 is 1.67 bits per heavy atom. The number of aliphatic carboxylic acids is 1. The van der Waals surface area contributed by atoms with Crippen LogP contribution in [0.5, 0.6) is 0 Å². The first-order chi connectivity index (χ1) is 7.15. The lowest BCUT2D eigenvalue weighted by Gasteiger charge is -2.00. The number of carboxylic acid groups (broad SMARTS) is 1. The highest BCUT2D eigenvalue weighted by Crippen LogP contribution is 2.10. The van der Waals surface area contributed by atoms with Crippen LogP contribution in [-0.2, 0) is 4.79 Å². The maximum absolute atomic E-state index is 10.7. The van der Waals surface area contributed by atoms with Crippen LogP contribution in [0.4, 0.5) is 5.69 Å². The zero-order valence-corrected chi connectivity index (χ0v) is 8.21. The number of pyridine rings is 1. The van der Waals surface area contributed by atoms with Crippen LogP contribution in [0.15, 0.2) is 41.3 Å². The van der Waals surface area contributed by atoms with Gasteiger partial charge in [0.1, 0.15) is 0 Å². The molecule has 5 heteroatoms. The van der Waals surface area contributed by atoms with Gasteiger partial charge in [0.15, 0.2) is 0 Å². The zero-order chi connectivity index (χ0) is 11.3. The molecule has 0 spiro atoms. The maximum atomic E-state index is 10.7. The lowest BCUT2D eigenvalue weighted by molar-refractivity contribution is -0.132. The van der Waals surface area contributed by atoms with Crippen LogP contribution in [0.25, 0.3) is 0 Å². The van der Waals surface area contributed by atoms with Crippen molar-refractivity contribution in [2.75, 3.05) is 0 Å². The van der Waals surface area contributed by atoms with Gasteiger partial charge in [-0.25, -0.2) is 4.79 Å². The molecular formula is C10H11N3O2. The first-order valence-corrected chi connectivity index (χ1v) is 4.26. The number of hydrogen-bond donors (Lipinski definition) is 2. The topological polar surface area (TPSA) is 88.6 Å². The van der Waals surface area contributed by atoms with Crippen molar-refractivity contribution in [3.8, 4) is 0 Å². The molecular weight excluding hydrogens is 194 g/mol. The molecule has 0 aliphatic rings. The Labute approximate surface area is 87.0 Å². The van der Waals surface area contributed by atoms with E-state index in [-0.39, 0.29) is 5.57 Å². The second-order valence-electron chi connectivity index (χ2n) is 2.79. The van der Waals surface area contributed by atoms with E-state index >= 15 is 0 Å². The molecule has 1 rings (SSSR count). The fraction of sp³-hybridized carbons (Fsp3) is 0.100. The third-order valence-electron chi connectivity index (χ3n) is 1.73. The summed E-state index contributed by atoms with van der Waals surface area (Å²) in [5.41, 5.74) is 6.11. The molecule has 0 fully saturated rings. The molecule has 0 aliphatic heterocycles. The zero-order valence-electron chi connectivity index (χ0n) is 8.21. The van der Waals surface area contributed by atoms with E-state index in [1.165, 1.54) is 0 Å². The Morgan fingerprint density at radius 2 is 2.40 bits per heavy atom. The number of aliphatic imine (C=N–C) groups is 1. The molecule has 5 nitrogen and oxygen atoms in total. The van der Waals surface area contributed by atoms with Crippen LogP contribution in [0.3, 0.4) is 0 Å². The van der Waals surface area contributed by atoms with Crippen molar-refractivity contribution in [2.45, 2.75) is 6.92 Å². The Balaban J connectivity index is 2.99. The summed E-state index contributed by atoms with van der Waals surface area (Å²) in [5.74, 6) is -1.09. The molecule has 3 N–H and O–H groups in total. The summed E-state index contributed by atoms with van der Waals surface area (Å²) in [6, 6.07) is 3.45. The van der Waals surface area contributed by atoms with Crippen LogP contribution in [0, 0.1) is 0 Å². The van der Waals surface area contributed by atoms with Crippen LogP contribution in [0.2, 0.25) is 0 Å². The van der Waals surface area contributed by atoms with E-state index in [1.807, 2.05) is 0 Å². The average molecular weight is 205 g/mol. The van der Waals surface area contributed by atoms with E-state index in [9.17, 15) is 4.79 Å². The van der Waals surface area contributed by atoms with Gasteiger partial charge in [0, 0.05) is 12.4 Å². The van der Waals surface area contributed by atoms with Crippen molar-refractivity contribution in [3.63, 3.8) is 0 Å². The molecule has 1 aromatic rings. The highest BCUT2D eigenvalue weighted by Gasteiger charge is 2.09. The van der Waals surface area contributed by atoms with Gasteiger partial charge in [-0.3, -0.25) is 9.98 Å². The first-order valence-electron chi connectivity index (χ1n) is 4.26. The molecule has 1 heterocycles. The molecule has 0 aromatic carbocycles. The summed E-state index contributed by atoms with van der Waals surface area (Å²) in [7, 11) is 0. The summed E-state index contributed by atoms with van der Waals surface area (Å²) in [4.78, 5) is 18.7. The minimum absolute atomic E-state index is 0.0150. The maximum Gasteiger partial charge on any atom is 0.339 e. The molecule has 0 bridgehead atoms. The normalized spacial score (nSPS) is 12.6. The molecule has 0 unspecified atom stereocenters. The van der Waals surface area contributed by atoms with Gasteiger partial charge < -0.3 is 10.8 Å². The quantitative estimate of drug-likeness (QED) is 0.571. The lowest BCUT2D eigenvalue weighted by Crippen LogP contribution is -2.11. The average Bonchev–Trinajstić information content (AvgIpc) is 2.19. The van der Waals surface area contributed by atoms with Crippen molar-refractivity contribution in [2.24, 2.45) is 10.7 Å². The Bertz CT molecular complexity index is 410. The lowest BCUT2D eigenvalue weighted by atomic mass is 10.2. The SMILES string of the molecule is CC(=Nc1cccnc1)/C(=C\N)C(=O)O. The third kappa shape index (κ3) is 2.91. The number of nitrogens with two attached hydrogens (primary N) is 1. The van der Waals surface area contributed by atoms with Crippen molar-refractivity contribution >= 4 is 17.4 Å². The number of nitrogens with zero attached hydrogens (tertiary/aromatic N) is 2. The van der Waals surface area contributed by atoms with E-state index in [1.54, 1.807) is 31.5 Å². The molecule has 15 heavy (non-hydrogen) atoms. The van der Waals surface area contributed by atoms with Gasteiger partial charge in [0.05, 0.1) is 23.2 Å². The van der Waals surface area contributed by atoms with Gasteiger partial charge in [0.2, 0.25) is 0 Å². The van der Waals surface area contributed by atoms with Gasteiger partial charge >= 0.3 is 5.97 Å². The molecule has 0 aliphatic carbocycles. The Hall–Kier alpha value is -2.17. The second kappa shape index (κ2) is 4.90. The Kier molecular flexibility index (Phi) is 3.56. The van der Waals surface area contributed by atoms with E-state index in [2.05, 4.69) is 9.98 Å². The van der Waals surface area contributed by atoms with Gasteiger partial charge in [-0.15, -0.1) is 0 Å². The predicted molar refractivity (Wildman–Crippen MR) is 56.9 cm³/mol. The largest absolute Gasteiger partial charge is 0.478 e. The van der Waals surface area contributed by atoms with E-state index in [0.29, 0.717) is 11.4 Å². The van der Waals surface area contributed by atoms with Crippen LogP contribution in [0.1, 0.15) is 6.92 Å². The van der Waals surface area contributed by atoms with Gasteiger partial charge in [0.25, 0.3) is 0 Å². The standard InChI is InChI=1S/C10H11N3O2/c1-7(9(5-11)10(14)15)13-8-3-2-4-12-6-8/h2-6H,11H2,1H3,(H,14,15)/b9-5+,13-7?. The summed E-state index contributed by atoms with van der Waals surface area (Å²) < 4.78 is 0. The molecule has 0 saturated carbocycles. The minimum atomic E-state index is -1.09. The van der Waals surface area contributed by atoms with Gasteiger partial charge in [-0.2, -0.15) is 0 Å². The molecule has 78 valence electrons. The molecule has 0 atom stereocenters. The van der Waals surface area contributed by atoms with E-state index in [4.69, 9.17) is 10.8 Å². The first kappa shape index (κ1) is 10.9. The fourth-order valence-electron chi connectivity index (χ4n) is 1.02. The number of carboxylic acids is 1. The van der Waals surface area contributed by atoms with Crippen molar-refractivity contribution in [1.82, 2.24) is 4.98 Å². The third-order valence-corrected chi connectivity index (χ3v) is 1.73. The highest BCUT2D eigenvalue weighted by molar-refractivity contribution is 6.18. The smallest absolute Gasteiger partial charge is 0.339 e. The minimum Gasteiger partial charge on any atom is -0.478 e. The van der Waals surface area contributed by atoms with Crippen molar-refractivity contribution < 1.29 is 9.90 Å². The summed E-state index contributed by atoms with van der Waals surface area (Å²) in [6.45, 7) is 1.58. The molecule has 0 amide bonds. The monoisotopic (exact) mass is 205 g/mol. The molecule has 1 aromatic heterocycles. The number of carbonyl (C=O) groups is 1. The van der Waals surface area contributed by atoms with Gasteiger partial charge in [-0.05, 0) is 19.1 Å². The molecule has 0 saturated heterocycles. The van der Waals surface area contributed by atoms with Crippen molar-refractivity contribution in [1.29, 1.82) is 0 Å². The van der Waals surface area contributed by atoms with Crippen LogP contribution >= 0.6 is 0 Å². The van der Waals surface area contributed by atoms with Crippen molar-refractivity contribution in [3.05, 3.63) is 36.3 Å². The van der Waals surface area contributed by atoms with Gasteiger partial charge in [-0.1, -0.05) is 0 Å². The summed E-state index contributed by atoms with van der Waals surface area (Å²) >= 11 is 0. The highest BCUT2D eigenvalue weighted by atomic mass is 16.4. The number of hydrogen-bond acceptors (Lipinski definition) is 4. The summed E-state index contributed by atoms with van der Waals surface area (Å²) in [6.07, 6.45) is 4.18. The predicted octanol–water partition coefficient (Wildman–Crippen LogP) is 1.10. The number of rotatable bonds is 3. The molecule has 0 radical (unpaired) electrons. The Morgan fingerprint density at radius 3 is 2.87 bits per heavy atom. The number of aromatic nitrogens is 1. The fourth-order valence-corrected chi connectivity index (χ4v) is 1.02. The van der Waals surface area contributed by atoms with Crippen LogP contribution < -0.4 is 5.73 Å². The van der Waals surface area contributed by atoms with E-state index in [0.717, 1.165) is 6.20 Å². The second-order valence-corrected chi connectivity index (χ2v) is 2.79. The van der Waals surface area contributed by atoms with E-state index < -0.39 is 5.97 Å². The van der Waals surface area contributed by atoms with Crippen LogP contribution in [-0.4, -0.2) is 21.8 Å².